The Kier molecular flexibility index (Phi) is 6.45. The zero-order valence-electron chi connectivity index (χ0n) is 14.3. The van der Waals surface area contributed by atoms with Crippen LogP contribution >= 0.6 is 27.3 Å². The number of nitrogens with two attached hydrogens (primary N) is 1. The fourth-order valence-electron chi connectivity index (χ4n) is 2.96. The van der Waals surface area contributed by atoms with E-state index in [4.69, 9.17) is 15.2 Å². The van der Waals surface area contributed by atoms with Crippen molar-refractivity contribution in [1.82, 2.24) is 9.55 Å². The third kappa shape index (κ3) is 4.58. The summed E-state index contributed by atoms with van der Waals surface area (Å²) in [5, 5.41) is 10.4. The molecule has 0 bridgehead atoms. The van der Waals surface area contributed by atoms with Crippen LogP contribution in [0.15, 0.2) is 31.7 Å². The predicted molar refractivity (Wildman–Crippen MR) is 100 cm³/mol. The van der Waals surface area contributed by atoms with Crippen molar-refractivity contribution in [3.63, 3.8) is 0 Å². The molecule has 1 aliphatic rings. The van der Waals surface area contributed by atoms with Gasteiger partial charge in [-0.25, -0.2) is 4.79 Å². The van der Waals surface area contributed by atoms with E-state index in [0.29, 0.717) is 0 Å². The van der Waals surface area contributed by atoms with E-state index in [1.54, 1.807) is 0 Å². The van der Waals surface area contributed by atoms with Gasteiger partial charge >= 0.3 is 11.7 Å². The highest BCUT2D eigenvalue weighted by Crippen LogP contribution is 2.33. The van der Waals surface area contributed by atoms with Crippen LogP contribution in [0.5, 0.6) is 0 Å². The molecule has 12 heteroatoms. The summed E-state index contributed by atoms with van der Waals surface area (Å²) in [6, 6.07) is 3.66. The minimum absolute atomic E-state index is 0.0547. The Hall–Kier alpha value is -1.86. The molecule has 4 N–H and O–H groups in total. The molecule has 2 aromatic heterocycles. The molecule has 1 unspecified atom stereocenters. The van der Waals surface area contributed by atoms with Gasteiger partial charge in [0, 0.05) is 17.7 Å². The summed E-state index contributed by atoms with van der Waals surface area (Å²) in [5.74, 6) is -1.83. The summed E-state index contributed by atoms with van der Waals surface area (Å²) in [7, 11) is 0. The average molecular weight is 478 g/mol. The lowest BCUT2D eigenvalue weighted by Crippen LogP contribution is -2.41. The summed E-state index contributed by atoms with van der Waals surface area (Å²) >= 11 is 4.78. The van der Waals surface area contributed by atoms with Crippen LogP contribution in [0.3, 0.4) is 0 Å². The number of rotatable bonds is 6. The molecule has 1 fully saturated rings. The highest BCUT2D eigenvalue weighted by Gasteiger charge is 2.42. The van der Waals surface area contributed by atoms with Crippen LogP contribution in [0.2, 0.25) is 0 Å². The quantitative estimate of drug-likeness (QED) is 0.507. The number of aromatic amines is 1. The summed E-state index contributed by atoms with van der Waals surface area (Å²) in [5.41, 5.74) is 3.30. The first-order valence-electron chi connectivity index (χ1n) is 8.26. The Labute approximate surface area is 170 Å². The van der Waals surface area contributed by atoms with Crippen molar-refractivity contribution in [3.05, 3.63) is 53.6 Å². The molecule has 0 spiro atoms. The first-order chi connectivity index (χ1) is 13.3. The zero-order valence-corrected chi connectivity index (χ0v) is 16.7. The predicted octanol–water partition coefficient (Wildman–Crippen LogP) is 0.261. The second-order valence-electron chi connectivity index (χ2n) is 6.14. The number of hydrogen-bond acceptors (Lipinski definition) is 8. The number of esters is 1. The van der Waals surface area contributed by atoms with Crippen molar-refractivity contribution in [2.75, 3.05) is 6.54 Å². The number of aliphatic hydroxyl groups excluding tert-OH is 1. The van der Waals surface area contributed by atoms with Crippen LogP contribution in [0.1, 0.15) is 17.5 Å². The molecule has 28 heavy (non-hydrogen) atoms. The second kappa shape index (κ2) is 8.66. The Morgan fingerprint density at radius 1 is 1.54 bits per heavy atom. The van der Waals surface area contributed by atoms with Crippen LogP contribution in [-0.4, -0.2) is 45.5 Å². The Morgan fingerprint density at radius 2 is 2.29 bits per heavy atom. The fourth-order valence-corrected chi connectivity index (χ4v) is 4.49. The average Bonchev–Trinajstić information content (AvgIpc) is 3.22. The molecule has 1 saturated heterocycles. The fraction of sp³-hybridized carbons (Fsp3) is 0.438. The van der Waals surface area contributed by atoms with E-state index in [0.717, 1.165) is 19.4 Å². The summed E-state index contributed by atoms with van der Waals surface area (Å²) < 4.78 is 26.4. The lowest BCUT2D eigenvalue weighted by Gasteiger charge is -2.25. The third-order valence-corrected chi connectivity index (χ3v) is 5.86. The summed E-state index contributed by atoms with van der Waals surface area (Å²) in [4.78, 5) is 37.6. The lowest BCUT2D eigenvalue weighted by molar-refractivity contribution is -0.160. The van der Waals surface area contributed by atoms with Crippen molar-refractivity contribution < 1.29 is 23.8 Å². The van der Waals surface area contributed by atoms with Gasteiger partial charge in [0.1, 0.15) is 18.4 Å². The minimum Gasteiger partial charge on any atom is -0.458 e. The zero-order chi connectivity index (χ0) is 20.4. The molecule has 4 atom stereocenters. The number of hydrogen-bond donors (Lipinski definition) is 3. The van der Waals surface area contributed by atoms with Crippen LogP contribution in [0.4, 0.5) is 4.39 Å². The Bertz CT molecular complexity index is 976. The molecule has 1 aliphatic heterocycles. The van der Waals surface area contributed by atoms with E-state index in [-0.39, 0.29) is 19.4 Å². The SMILES string of the molecule is NCC(=O)OC(Cc1ccc(Br)s1)[C@H]1O[C@@H](n2cc(F)c(=O)[nH]c2=O)C[C@@H]1O. The highest BCUT2D eigenvalue weighted by atomic mass is 79.9. The molecule has 0 aliphatic carbocycles. The van der Waals surface area contributed by atoms with E-state index in [9.17, 15) is 23.9 Å². The number of nitrogens with one attached hydrogen (secondary N) is 1. The third-order valence-electron chi connectivity index (χ3n) is 4.22. The smallest absolute Gasteiger partial charge is 0.330 e. The summed E-state index contributed by atoms with van der Waals surface area (Å²) in [6.45, 7) is -0.346. The van der Waals surface area contributed by atoms with E-state index in [1.165, 1.54) is 11.3 Å². The molecule has 3 rings (SSSR count). The molecular formula is C16H17BrFN3O6S. The molecule has 9 nitrogen and oxygen atoms in total. The van der Waals surface area contributed by atoms with Crippen molar-refractivity contribution in [3.8, 4) is 0 Å². The van der Waals surface area contributed by atoms with Crippen LogP contribution in [0.25, 0.3) is 0 Å². The number of aliphatic hydroxyl groups is 1. The van der Waals surface area contributed by atoms with E-state index >= 15 is 0 Å². The number of thiophene rings is 1. The number of aromatic nitrogens is 2. The van der Waals surface area contributed by atoms with Gasteiger partial charge in [-0.1, -0.05) is 0 Å². The molecule has 3 heterocycles. The van der Waals surface area contributed by atoms with Crippen molar-refractivity contribution >= 4 is 33.2 Å². The Balaban J connectivity index is 1.84. The van der Waals surface area contributed by atoms with Crippen LogP contribution in [-0.2, 0) is 20.7 Å². The normalized spacial score (nSPS) is 22.9. The number of carbonyl (C=O) groups excluding carboxylic acids is 1. The topological polar surface area (TPSA) is 137 Å². The van der Waals surface area contributed by atoms with Gasteiger partial charge in [0.15, 0.2) is 0 Å². The first-order valence-corrected chi connectivity index (χ1v) is 9.87. The van der Waals surface area contributed by atoms with Crippen LogP contribution in [0, 0.1) is 5.82 Å². The van der Waals surface area contributed by atoms with Crippen molar-refractivity contribution in [1.29, 1.82) is 0 Å². The molecule has 0 radical (unpaired) electrons. The van der Waals surface area contributed by atoms with Crippen molar-refractivity contribution in [2.45, 2.75) is 37.4 Å². The van der Waals surface area contributed by atoms with Gasteiger partial charge in [-0.15, -0.1) is 11.3 Å². The standard InChI is InChI=1S/C16H17BrFN3O6S/c17-11-2-1-7(28-11)3-10(26-13(23)5-19)14-9(22)4-12(27-14)21-6-8(18)15(24)20-16(21)25/h1-2,6,9-10,12,14,22H,3-5,19H2,(H,20,24,25)/t9-,10?,12+,14-/m0/s1. The maximum absolute atomic E-state index is 13.6. The number of carbonyl (C=O) groups is 1. The molecular weight excluding hydrogens is 461 g/mol. The maximum Gasteiger partial charge on any atom is 0.330 e. The van der Waals surface area contributed by atoms with E-state index < -0.39 is 47.6 Å². The molecule has 0 aromatic carbocycles. The van der Waals surface area contributed by atoms with Gasteiger partial charge in [-0.05, 0) is 28.1 Å². The molecule has 0 amide bonds. The van der Waals surface area contributed by atoms with E-state index in [2.05, 4.69) is 15.9 Å². The first kappa shape index (κ1) is 20.9. The number of H-pyrrole nitrogens is 1. The lowest BCUT2D eigenvalue weighted by atomic mass is 10.0. The van der Waals surface area contributed by atoms with Crippen molar-refractivity contribution in [2.24, 2.45) is 5.73 Å². The second-order valence-corrected chi connectivity index (χ2v) is 8.69. The molecule has 0 saturated carbocycles. The number of halogens is 2. The number of ether oxygens (including phenoxy) is 2. The Morgan fingerprint density at radius 3 is 2.93 bits per heavy atom. The monoisotopic (exact) mass is 477 g/mol. The summed E-state index contributed by atoms with van der Waals surface area (Å²) in [6.07, 6.45) is -3.04. The van der Waals surface area contributed by atoms with Gasteiger partial charge in [0.25, 0.3) is 5.56 Å². The van der Waals surface area contributed by atoms with Gasteiger partial charge in [-0.2, -0.15) is 4.39 Å². The highest BCUT2D eigenvalue weighted by molar-refractivity contribution is 9.11. The van der Waals surface area contributed by atoms with Gasteiger partial charge in [0.2, 0.25) is 5.82 Å². The van der Waals surface area contributed by atoms with Gasteiger partial charge in [0.05, 0.1) is 22.6 Å². The molecule has 2 aromatic rings. The molecule has 152 valence electrons. The van der Waals surface area contributed by atoms with E-state index in [1.807, 2.05) is 17.1 Å². The van der Waals surface area contributed by atoms with Gasteiger partial charge < -0.3 is 20.3 Å². The van der Waals surface area contributed by atoms with Crippen LogP contribution < -0.4 is 17.0 Å². The largest absolute Gasteiger partial charge is 0.458 e. The minimum atomic E-state index is -1.16. The maximum atomic E-state index is 13.6. The number of nitrogens with zero attached hydrogens (tertiary/aromatic N) is 1. The van der Waals surface area contributed by atoms with Gasteiger partial charge in [-0.3, -0.25) is 19.1 Å².